The summed E-state index contributed by atoms with van der Waals surface area (Å²) in [5.74, 6) is 0.691. The number of carbonyl (C=O) groups is 1. The molecule has 114 valence electrons. The molecule has 3 rings (SSSR count). The van der Waals surface area contributed by atoms with Gasteiger partial charge in [0.2, 0.25) is 5.91 Å². The van der Waals surface area contributed by atoms with Crippen LogP contribution >= 0.6 is 0 Å². The second-order valence-corrected chi connectivity index (χ2v) is 6.62. The summed E-state index contributed by atoms with van der Waals surface area (Å²) < 4.78 is 0. The summed E-state index contributed by atoms with van der Waals surface area (Å²) >= 11 is 0. The van der Waals surface area contributed by atoms with Crippen molar-refractivity contribution in [2.75, 3.05) is 0 Å². The van der Waals surface area contributed by atoms with Crippen LogP contribution in [0.2, 0.25) is 0 Å². The molecule has 2 fully saturated rings. The molecule has 1 aliphatic heterocycles. The van der Waals surface area contributed by atoms with E-state index >= 15 is 0 Å². The Labute approximate surface area is 127 Å². The minimum absolute atomic E-state index is 0.0276. The SMILES string of the molecule is CCC(C)C1NC(c2ccccc2C)N(C2CCC2)C1=O. The smallest absolute Gasteiger partial charge is 0.241 e. The predicted molar refractivity (Wildman–Crippen MR) is 84.8 cm³/mol. The fraction of sp³-hybridized carbons (Fsp3) is 0.611. The molecule has 21 heavy (non-hydrogen) atoms. The van der Waals surface area contributed by atoms with Gasteiger partial charge in [-0.05, 0) is 43.2 Å². The number of nitrogens with zero attached hydrogens (tertiary/aromatic N) is 1. The predicted octanol–water partition coefficient (Wildman–Crippen LogP) is 3.39. The topological polar surface area (TPSA) is 32.3 Å². The Morgan fingerprint density at radius 2 is 2.05 bits per heavy atom. The van der Waals surface area contributed by atoms with Gasteiger partial charge in [0.25, 0.3) is 0 Å². The maximum absolute atomic E-state index is 12.9. The molecule has 1 saturated carbocycles. The zero-order valence-electron chi connectivity index (χ0n) is 13.3. The number of carbonyl (C=O) groups excluding carboxylic acids is 1. The quantitative estimate of drug-likeness (QED) is 0.920. The highest BCUT2D eigenvalue weighted by Crippen LogP contribution is 2.37. The molecular weight excluding hydrogens is 260 g/mol. The fourth-order valence-corrected chi connectivity index (χ4v) is 3.44. The van der Waals surface area contributed by atoms with Crippen molar-refractivity contribution in [3.63, 3.8) is 0 Å². The molecule has 3 atom stereocenters. The molecule has 1 saturated heterocycles. The summed E-state index contributed by atoms with van der Waals surface area (Å²) in [6, 6.07) is 8.84. The maximum atomic E-state index is 12.9. The van der Waals surface area contributed by atoms with Crippen LogP contribution in [0.3, 0.4) is 0 Å². The molecule has 1 amide bonds. The maximum Gasteiger partial charge on any atom is 0.241 e. The average molecular weight is 286 g/mol. The van der Waals surface area contributed by atoms with E-state index in [1.807, 2.05) is 0 Å². The van der Waals surface area contributed by atoms with E-state index in [1.165, 1.54) is 17.5 Å². The van der Waals surface area contributed by atoms with Crippen LogP contribution < -0.4 is 5.32 Å². The number of hydrogen-bond acceptors (Lipinski definition) is 2. The van der Waals surface area contributed by atoms with Crippen LogP contribution in [0.25, 0.3) is 0 Å². The van der Waals surface area contributed by atoms with E-state index in [1.54, 1.807) is 0 Å². The molecule has 2 aliphatic rings. The number of benzene rings is 1. The Kier molecular flexibility index (Phi) is 4.03. The first-order valence-corrected chi connectivity index (χ1v) is 8.27. The van der Waals surface area contributed by atoms with Gasteiger partial charge in [-0.15, -0.1) is 0 Å². The first kappa shape index (κ1) is 14.6. The van der Waals surface area contributed by atoms with Gasteiger partial charge >= 0.3 is 0 Å². The Balaban J connectivity index is 1.93. The van der Waals surface area contributed by atoms with Crippen molar-refractivity contribution in [1.29, 1.82) is 0 Å². The molecule has 0 aromatic heterocycles. The summed E-state index contributed by atoms with van der Waals surface area (Å²) in [6.07, 6.45) is 4.65. The summed E-state index contributed by atoms with van der Waals surface area (Å²) in [5, 5.41) is 3.62. The van der Waals surface area contributed by atoms with Crippen LogP contribution in [0.4, 0.5) is 0 Å². The Morgan fingerprint density at radius 1 is 1.33 bits per heavy atom. The Morgan fingerprint density at radius 3 is 2.62 bits per heavy atom. The monoisotopic (exact) mass is 286 g/mol. The van der Waals surface area contributed by atoms with Crippen molar-refractivity contribution < 1.29 is 4.79 Å². The third kappa shape index (κ3) is 2.48. The van der Waals surface area contributed by atoms with Gasteiger partial charge in [-0.3, -0.25) is 10.1 Å². The van der Waals surface area contributed by atoms with Crippen molar-refractivity contribution in [2.45, 2.75) is 64.7 Å². The van der Waals surface area contributed by atoms with Crippen molar-refractivity contribution in [2.24, 2.45) is 5.92 Å². The molecule has 1 aromatic carbocycles. The van der Waals surface area contributed by atoms with Crippen LogP contribution in [-0.4, -0.2) is 22.9 Å². The molecule has 1 aliphatic carbocycles. The largest absolute Gasteiger partial charge is 0.319 e. The first-order valence-electron chi connectivity index (χ1n) is 8.27. The Hall–Kier alpha value is -1.35. The van der Waals surface area contributed by atoms with Crippen LogP contribution in [0.15, 0.2) is 24.3 Å². The second-order valence-electron chi connectivity index (χ2n) is 6.62. The standard InChI is InChI=1S/C18H26N2O/c1-4-12(2)16-18(21)20(14-9-7-10-14)17(19-16)15-11-6-5-8-13(15)3/h5-6,8,11-12,14,16-17,19H,4,7,9-10H2,1-3H3. The second kappa shape index (κ2) is 5.80. The van der Waals surface area contributed by atoms with E-state index in [0.29, 0.717) is 17.9 Å². The number of rotatable bonds is 4. The fourth-order valence-electron chi connectivity index (χ4n) is 3.44. The summed E-state index contributed by atoms with van der Waals surface area (Å²) in [6.45, 7) is 6.47. The van der Waals surface area contributed by atoms with Gasteiger partial charge in [0.15, 0.2) is 0 Å². The lowest BCUT2D eigenvalue weighted by Crippen LogP contribution is -2.44. The molecule has 3 heteroatoms. The van der Waals surface area contributed by atoms with Crippen LogP contribution in [-0.2, 0) is 4.79 Å². The lowest BCUT2D eigenvalue weighted by Gasteiger charge is -2.38. The molecule has 1 N–H and O–H groups in total. The van der Waals surface area contributed by atoms with Gasteiger partial charge in [0.05, 0.1) is 6.04 Å². The highest BCUT2D eigenvalue weighted by atomic mass is 16.2. The van der Waals surface area contributed by atoms with Gasteiger partial charge in [0.1, 0.15) is 6.17 Å². The van der Waals surface area contributed by atoms with Gasteiger partial charge < -0.3 is 4.90 Å². The molecule has 1 aromatic rings. The number of hydrogen-bond donors (Lipinski definition) is 1. The van der Waals surface area contributed by atoms with E-state index in [-0.39, 0.29) is 12.2 Å². The molecule has 1 heterocycles. The van der Waals surface area contributed by atoms with Crippen LogP contribution in [0.1, 0.15) is 56.8 Å². The van der Waals surface area contributed by atoms with Crippen LogP contribution in [0, 0.1) is 12.8 Å². The van der Waals surface area contributed by atoms with Crippen molar-refractivity contribution in [3.8, 4) is 0 Å². The van der Waals surface area contributed by atoms with E-state index < -0.39 is 0 Å². The molecule has 0 bridgehead atoms. The molecule has 0 radical (unpaired) electrons. The minimum atomic E-state index is -0.0276. The molecule has 0 spiro atoms. The number of nitrogens with one attached hydrogen (secondary N) is 1. The summed E-state index contributed by atoms with van der Waals surface area (Å²) in [7, 11) is 0. The van der Waals surface area contributed by atoms with Gasteiger partial charge in [0, 0.05) is 6.04 Å². The minimum Gasteiger partial charge on any atom is -0.319 e. The van der Waals surface area contributed by atoms with Crippen molar-refractivity contribution in [3.05, 3.63) is 35.4 Å². The molecule has 3 nitrogen and oxygen atoms in total. The zero-order chi connectivity index (χ0) is 15.0. The van der Waals surface area contributed by atoms with E-state index in [2.05, 4.69) is 55.3 Å². The van der Waals surface area contributed by atoms with E-state index in [0.717, 1.165) is 19.3 Å². The lowest BCUT2D eigenvalue weighted by atomic mass is 9.90. The highest BCUT2D eigenvalue weighted by molar-refractivity contribution is 5.85. The van der Waals surface area contributed by atoms with Crippen molar-refractivity contribution in [1.82, 2.24) is 10.2 Å². The van der Waals surface area contributed by atoms with Gasteiger partial charge in [-0.25, -0.2) is 0 Å². The summed E-state index contributed by atoms with van der Waals surface area (Å²) in [4.78, 5) is 15.0. The van der Waals surface area contributed by atoms with Gasteiger partial charge in [-0.1, -0.05) is 44.5 Å². The summed E-state index contributed by atoms with van der Waals surface area (Å²) in [5.41, 5.74) is 2.51. The molecule has 3 unspecified atom stereocenters. The van der Waals surface area contributed by atoms with E-state index in [9.17, 15) is 4.79 Å². The Bertz CT molecular complexity index is 524. The van der Waals surface area contributed by atoms with E-state index in [4.69, 9.17) is 0 Å². The highest BCUT2D eigenvalue weighted by Gasteiger charge is 2.46. The normalized spacial score (nSPS) is 27.8. The third-order valence-corrected chi connectivity index (χ3v) is 5.30. The van der Waals surface area contributed by atoms with Gasteiger partial charge in [-0.2, -0.15) is 0 Å². The number of amides is 1. The first-order chi connectivity index (χ1) is 10.1. The van der Waals surface area contributed by atoms with Crippen molar-refractivity contribution >= 4 is 5.91 Å². The molecular formula is C18H26N2O. The van der Waals surface area contributed by atoms with Crippen LogP contribution in [0.5, 0.6) is 0 Å². The third-order valence-electron chi connectivity index (χ3n) is 5.30. The zero-order valence-corrected chi connectivity index (χ0v) is 13.3. The average Bonchev–Trinajstić information content (AvgIpc) is 2.75. The lowest BCUT2D eigenvalue weighted by molar-refractivity contribution is -0.134. The number of aryl methyl sites for hydroxylation is 1.